The number of carbonyl (C=O) groups excluding carboxylic acids is 2. The van der Waals surface area contributed by atoms with Crippen LogP contribution in [0.4, 0.5) is 51.2 Å². The molecule has 5 rings (SSSR count). The molecule has 16 nitrogen and oxygen atoms in total. The number of anilines is 3. The van der Waals surface area contributed by atoms with Gasteiger partial charge in [-0.25, -0.2) is 4.79 Å². The van der Waals surface area contributed by atoms with Crippen LogP contribution in [0.25, 0.3) is 0 Å². The number of hydrogen-bond donors (Lipinski definition) is 5. The Bertz CT molecular complexity index is 2430. The Labute approximate surface area is 303 Å². The van der Waals surface area contributed by atoms with Crippen molar-refractivity contribution in [1.29, 1.82) is 0 Å². The van der Waals surface area contributed by atoms with Crippen molar-refractivity contribution in [1.82, 2.24) is 0 Å². The molecule has 6 N–H and O–H groups in total. The third-order valence-corrected chi connectivity index (χ3v) is 8.28. The van der Waals surface area contributed by atoms with Crippen LogP contribution in [0.3, 0.4) is 0 Å². The number of aryl methyl sites for hydroxylation is 2. The largest absolute Gasteiger partial charge is 0.478 e. The lowest BCUT2D eigenvalue weighted by Gasteiger charge is -2.10. The van der Waals surface area contributed by atoms with Crippen LogP contribution in [0.1, 0.15) is 38.8 Å². The molecule has 0 aliphatic rings. The lowest BCUT2D eigenvalue weighted by molar-refractivity contribution is -0.114. The number of benzene rings is 5. The van der Waals surface area contributed by atoms with Gasteiger partial charge >= 0.3 is 5.97 Å². The van der Waals surface area contributed by atoms with Crippen molar-refractivity contribution >= 4 is 79.1 Å². The lowest BCUT2D eigenvalue weighted by Crippen LogP contribution is -2.11. The topological polar surface area (TPSA) is 250 Å². The van der Waals surface area contributed by atoms with Crippen molar-refractivity contribution in [2.24, 2.45) is 30.7 Å². The third kappa shape index (κ3) is 9.84. The van der Waals surface area contributed by atoms with Gasteiger partial charge in [0.1, 0.15) is 16.3 Å². The average Bonchev–Trinajstić information content (AvgIpc) is 3.10. The smallest absolute Gasteiger partial charge is 0.335 e. The number of carbonyl (C=O) groups is 3. The maximum absolute atomic E-state index is 12.6. The van der Waals surface area contributed by atoms with E-state index in [2.05, 4.69) is 41.3 Å². The summed E-state index contributed by atoms with van der Waals surface area (Å²) in [6, 6.07) is 24.2. The molecule has 0 radical (unpaired) electrons. The maximum atomic E-state index is 12.6. The van der Waals surface area contributed by atoms with Crippen LogP contribution in [0, 0.1) is 13.8 Å². The quantitative estimate of drug-likeness (QED) is 0.0495. The van der Waals surface area contributed by atoms with Gasteiger partial charge in [-0.1, -0.05) is 0 Å². The fourth-order valence-corrected chi connectivity index (χ4v) is 5.34. The van der Waals surface area contributed by atoms with Crippen LogP contribution < -0.4 is 16.4 Å². The van der Waals surface area contributed by atoms with Crippen molar-refractivity contribution in [3.63, 3.8) is 0 Å². The molecule has 0 spiro atoms. The van der Waals surface area contributed by atoms with E-state index in [0.717, 1.165) is 11.6 Å². The molecule has 0 atom stereocenters. The summed E-state index contributed by atoms with van der Waals surface area (Å²) in [6.45, 7) is 4.79. The highest BCUT2D eigenvalue weighted by atomic mass is 32.2. The Morgan fingerprint density at radius 3 is 1.77 bits per heavy atom. The number of nitrogens with two attached hydrogens (primary N) is 1. The fraction of sp³-hybridized carbons (Fsp3) is 0.0833. The molecule has 0 saturated carbocycles. The molecule has 0 aliphatic carbocycles. The minimum Gasteiger partial charge on any atom is -0.478 e. The molecule has 17 heteroatoms. The summed E-state index contributed by atoms with van der Waals surface area (Å²) in [6.07, 6.45) is 0. The monoisotopic (exact) mass is 733 g/mol. The first-order valence-corrected chi connectivity index (χ1v) is 17.0. The van der Waals surface area contributed by atoms with Crippen LogP contribution in [-0.2, 0) is 14.9 Å². The maximum Gasteiger partial charge on any atom is 0.335 e. The summed E-state index contributed by atoms with van der Waals surface area (Å²) in [5.41, 5.74) is 9.93. The number of amides is 2. The third-order valence-electron chi connectivity index (χ3n) is 7.40. The van der Waals surface area contributed by atoms with Crippen LogP contribution in [-0.4, -0.2) is 35.9 Å². The minimum atomic E-state index is -4.87. The second kappa shape index (κ2) is 15.9. The number of nitrogen functional groups attached to an aromatic ring is 1. The first-order chi connectivity index (χ1) is 25.2. The van der Waals surface area contributed by atoms with Crippen LogP contribution in [0.2, 0.25) is 0 Å². The van der Waals surface area contributed by atoms with Crippen molar-refractivity contribution in [2.45, 2.75) is 25.7 Å². The molecule has 53 heavy (non-hydrogen) atoms. The molecule has 0 aliphatic heterocycles. The van der Waals surface area contributed by atoms with Gasteiger partial charge in [-0.2, -0.15) is 28.9 Å². The van der Waals surface area contributed by atoms with Gasteiger partial charge in [-0.15, -0.1) is 10.2 Å². The molecule has 0 aromatic heterocycles. The van der Waals surface area contributed by atoms with Gasteiger partial charge in [0.2, 0.25) is 5.91 Å². The number of hydrogen-bond acceptors (Lipinski definition) is 12. The molecule has 0 heterocycles. The molecule has 2 amide bonds. The number of aromatic carboxylic acids is 1. The lowest BCUT2D eigenvalue weighted by atomic mass is 10.1. The highest BCUT2D eigenvalue weighted by Crippen LogP contribution is 2.38. The average molecular weight is 734 g/mol. The van der Waals surface area contributed by atoms with Gasteiger partial charge in [-0.3, -0.25) is 14.1 Å². The second-order valence-electron chi connectivity index (χ2n) is 11.5. The molecule has 0 saturated heterocycles. The van der Waals surface area contributed by atoms with E-state index >= 15 is 0 Å². The Morgan fingerprint density at radius 2 is 1.17 bits per heavy atom. The zero-order chi connectivity index (χ0) is 38.3. The fourth-order valence-electron chi connectivity index (χ4n) is 4.71. The number of azo groups is 3. The number of carboxylic acid groups (broad SMARTS) is 1. The summed E-state index contributed by atoms with van der Waals surface area (Å²) in [5.74, 6) is -1.92. The number of rotatable bonds is 11. The van der Waals surface area contributed by atoms with Crippen molar-refractivity contribution in [2.75, 3.05) is 16.4 Å². The first kappa shape index (κ1) is 37.3. The molecular formula is C36H31N9O7S. The molecule has 0 fully saturated rings. The molecule has 5 aromatic rings. The number of nitrogens with one attached hydrogen (secondary N) is 2. The van der Waals surface area contributed by atoms with Crippen molar-refractivity contribution in [3.05, 3.63) is 119 Å². The zero-order valence-corrected chi connectivity index (χ0v) is 29.2. The summed E-state index contributed by atoms with van der Waals surface area (Å²) >= 11 is 0. The van der Waals surface area contributed by atoms with Gasteiger partial charge < -0.3 is 21.5 Å². The Morgan fingerprint density at radius 1 is 0.623 bits per heavy atom. The van der Waals surface area contributed by atoms with E-state index in [1.165, 1.54) is 37.3 Å². The molecular weight excluding hydrogens is 703 g/mol. The van der Waals surface area contributed by atoms with Crippen LogP contribution >= 0.6 is 0 Å². The van der Waals surface area contributed by atoms with E-state index in [4.69, 9.17) is 10.8 Å². The standard InChI is InChI=1S/C36H31N9O7S/c1-20-16-27(39-35(47)23-4-8-25(37)9-5-23)12-14-29(20)42-41-28-13-15-30(21(2)17-28)43-45-33-18-31(38-22(3)46)32(19-34(33)53(50,51)52)44-40-26-10-6-24(7-11-26)36(48)49/h4-19H,37H2,1-3H3,(H,38,46)(H,39,47)(H,48,49)(H,50,51,52). The SMILES string of the molecule is CC(=O)Nc1cc(N=Nc2ccc(N=Nc3ccc(NC(=O)c4ccc(N)cc4)cc3C)cc2C)c(S(=O)(=O)O)cc1N=Nc1ccc(C(=O)O)cc1. The van der Waals surface area contributed by atoms with Gasteiger partial charge in [0.25, 0.3) is 16.0 Å². The summed E-state index contributed by atoms with van der Waals surface area (Å²) < 4.78 is 34.8. The van der Waals surface area contributed by atoms with Gasteiger partial charge in [-0.05, 0) is 122 Å². The van der Waals surface area contributed by atoms with E-state index in [1.54, 1.807) is 67.6 Å². The number of carboxylic acids is 1. The highest BCUT2D eigenvalue weighted by molar-refractivity contribution is 7.86. The zero-order valence-electron chi connectivity index (χ0n) is 28.3. The predicted molar refractivity (Wildman–Crippen MR) is 198 cm³/mol. The van der Waals surface area contributed by atoms with E-state index in [9.17, 15) is 27.4 Å². The number of nitrogens with zero attached hydrogens (tertiary/aromatic N) is 6. The Kier molecular flexibility index (Phi) is 11.2. The minimum absolute atomic E-state index is 0.0183. The Hall–Kier alpha value is -6.98. The Balaban J connectivity index is 1.35. The van der Waals surface area contributed by atoms with E-state index in [-0.39, 0.29) is 34.2 Å². The second-order valence-corrected chi connectivity index (χ2v) is 12.9. The molecule has 5 aromatic carbocycles. The van der Waals surface area contributed by atoms with E-state index < -0.39 is 26.9 Å². The molecule has 0 unspecified atom stereocenters. The summed E-state index contributed by atoms with van der Waals surface area (Å²) in [4.78, 5) is 35.0. The van der Waals surface area contributed by atoms with E-state index in [1.807, 2.05) is 6.92 Å². The van der Waals surface area contributed by atoms with E-state index in [0.29, 0.717) is 39.6 Å². The highest BCUT2D eigenvalue weighted by Gasteiger charge is 2.20. The summed E-state index contributed by atoms with van der Waals surface area (Å²) in [7, 11) is -4.87. The van der Waals surface area contributed by atoms with Gasteiger partial charge in [0.05, 0.1) is 34.0 Å². The molecule has 0 bridgehead atoms. The molecule has 268 valence electrons. The normalized spacial score (nSPS) is 11.7. The van der Waals surface area contributed by atoms with Gasteiger partial charge in [0.15, 0.2) is 0 Å². The van der Waals surface area contributed by atoms with Crippen molar-refractivity contribution in [3.8, 4) is 0 Å². The van der Waals surface area contributed by atoms with Gasteiger partial charge in [0, 0.05) is 23.9 Å². The van der Waals surface area contributed by atoms with Crippen molar-refractivity contribution < 1.29 is 32.5 Å². The first-order valence-electron chi connectivity index (χ1n) is 15.6. The van der Waals surface area contributed by atoms with Crippen LogP contribution in [0.15, 0.2) is 133 Å². The summed E-state index contributed by atoms with van der Waals surface area (Å²) in [5, 5.41) is 39.3. The predicted octanol–water partition coefficient (Wildman–Crippen LogP) is 9.29. The van der Waals surface area contributed by atoms with Crippen LogP contribution in [0.5, 0.6) is 0 Å².